The first-order valence-electron chi connectivity index (χ1n) is 8.03. The molecule has 3 aromatic rings. The van der Waals surface area contributed by atoms with Gasteiger partial charge in [-0.1, -0.05) is 23.7 Å². The Labute approximate surface area is 158 Å². The number of nitrogens with zero attached hydrogens (tertiary/aromatic N) is 6. The van der Waals surface area contributed by atoms with Gasteiger partial charge in [-0.25, -0.2) is 9.67 Å². The van der Waals surface area contributed by atoms with Gasteiger partial charge in [-0.2, -0.15) is 5.10 Å². The number of hydrogen-bond donors (Lipinski definition) is 1. The monoisotopic (exact) mass is 389 g/mol. The lowest BCUT2D eigenvalue weighted by molar-refractivity contribution is -0.385. The van der Waals surface area contributed by atoms with Gasteiger partial charge in [-0.3, -0.25) is 24.9 Å². The molecule has 2 aromatic heterocycles. The van der Waals surface area contributed by atoms with Crippen molar-refractivity contribution in [3.05, 3.63) is 63.2 Å². The summed E-state index contributed by atoms with van der Waals surface area (Å²) in [5.74, 6) is -0.117. The van der Waals surface area contributed by atoms with Crippen LogP contribution in [0, 0.1) is 17.0 Å². The summed E-state index contributed by atoms with van der Waals surface area (Å²) >= 11 is 5.85. The highest BCUT2D eigenvalue weighted by atomic mass is 35.5. The van der Waals surface area contributed by atoms with E-state index in [1.165, 1.54) is 17.2 Å². The lowest BCUT2D eigenvalue weighted by atomic mass is 10.2. The maximum Gasteiger partial charge on any atom is 0.309 e. The number of rotatable bonds is 7. The van der Waals surface area contributed by atoms with Gasteiger partial charge in [0, 0.05) is 11.4 Å². The molecule has 0 saturated heterocycles. The van der Waals surface area contributed by atoms with E-state index in [1.54, 1.807) is 23.7 Å². The van der Waals surface area contributed by atoms with Crippen LogP contribution in [0.3, 0.4) is 0 Å². The van der Waals surface area contributed by atoms with E-state index in [0.717, 1.165) is 5.56 Å². The van der Waals surface area contributed by atoms with E-state index in [9.17, 15) is 14.9 Å². The number of nitro groups is 1. The second-order valence-corrected chi connectivity index (χ2v) is 6.22. The predicted octanol–water partition coefficient (Wildman–Crippen LogP) is 2.42. The van der Waals surface area contributed by atoms with Crippen LogP contribution in [0.25, 0.3) is 0 Å². The Morgan fingerprint density at radius 3 is 2.74 bits per heavy atom. The van der Waals surface area contributed by atoms with Crippen molar-refractivity contribution in [3.8, 4) is 0 Å². The molecule has 2 heterocycles. The molecule has 0 aliphatic carbocycles. The largest absolute Gasteiger partial charge is 0.309 e. The molecule has 0 saturated carbocycles. The van der Waals surface area contributed by atoms with Crippen molar-refractivity contribution in [2.24, 2.45) is 0 Å². The fourth-order valence-electron chi connectivity index (χ4n) is 2.44. The number of carbonyl (C=O) groups excluding carboxylic acids is 1. The molecule has 0 bridgehead atoms. The second-order valence-electron chi connectivity index (χ2n) is 5.79. The summed E-state index contributed by atoms with van der Waals surface area (Å²) in [5, 5.41) is 22.2. The van der Waals surface area contributed by atoms with Gasteiger partial charge in [0.2, 0.25) is 11.9 Å². The lowest BCUT2D eigenvalue weighted by Gasteiger charge is -2.04. The molecule has 0 atom stereocenters. The molecule has 11 heteroatoms. The van der Waals surface area contributed by atoms with E-state index in [2.05, 4.69) is 20.5 Å². The first kappa shape index (κ1) is 18.5. The molecule has 0 aliphatic rings. The molecule has 0 spiro atoms. The van der Waals surface area contributed by atoms with Gasteiger partial charge in [-0.05, 0) is 24.6 Å². The molecule has 3 rings (SSSR count). The molecule has 0 unspecified atom stereocenters. The van der Waals surface area contributed by atoms with Crippen molar-refractivity contribution in [1.82, 2.24) is 24.5 Å². The normalized spacial score (nSPS) is 10.7. The Morgan fingerprint density at radius 1 is 1.33 bits per heavy atom. The third kappa shape index (κ3) is 4.67. The molecule has 0 fully saturated rings. The number of anilines is 1. The number of nitrogens with one attached hydrogen (secondary N) is 1. The van der Waals surface area contributed by atoms with E-state index in [-0.39, 0.29) is 30.5 Å². The Balaban J connectivity index is 1.53. The summed E-state index contributed by atoms with van der Waals surface area (Å²) in [6, 6.07) is 7.35. The van der Waals surface area contributed by atoms with Gasteiger partial charge >= 0.3 is 5.69 Å². The summed E-state index contributed by atoms with van der Waals surface area (Å²) in [5.41, 5.74) is 1.33. The number of hydrogen-bond acceptors (Lipinski definition) is 6. The quantitative estimate of drug-likeness (QED) is 0.489. The number of amides is 1. The Hall–Kier alpha value is -3.27. The van der Waals surface area contributed by atoms with Gasteiger partial charge in [0.05, 0.1) is 18.0 Å². The van der Waals surface area contributed by atoms with Crippen LogP contribution in [0.5, 0.6) is 0 Å². The lowest BCUT2D eigenvalue weighted by Crippen LogP contribution is -2.16. The third-order valence-corrected chi connectivity index (χ3v) is 4.12. The molecule has 10 nitrogen and oxygen atoms in total. The smallest absolute Gasteiger partial charge is 0.293 e. The Kier molecular flexibility index (Phi) is 5.46. The summed E-state index contributed by atoms with van der Waals surface area (Å²) in [4.78, 5) is 26.4. The molecule has 1 N–H and O–H groups in total. The van der Waals surface area contributed by atoms with Gasteiger partial charge < -0.3 is 0 Å². The highest BCUT2D eigenvalue weighted by molar-refractivity contribution is 6.30. The van der Waals surface area contributed by atoms with Crippen molar-refractivity contribution in [3.63, 3.8) is 0 Å². The van der Waals surface area contributed by atoms with E-state index < -0.39 is 4.92 Å². The van der Waals surface area contributed by atoms with Crippen LogP contribution in [0.4, 0.5) is 11.6 Å². The number of halogens is 1. The van der Waals surface area contributed by atoms with Crippen LogP contribution in [0.1, 0.15) is 17.7 Å². The molecular weight excluding hydrogens is 374 g/mol. The van der Waals surface area contributed by atoms with Crippen molar-refractivity contribution < 1.29 is 9.72 Å². The molecule has 140 valence electrons. The van der Waals surface area contributed by atoms with E-state index >= 15 is 0 Å². The zero-order valence-corrected chi connectivity index (χ0v) is 15.1. The van der Waals surface area contributed by atoms with Crippen molar-refractivity contribution in [2.75, 3.05) is 5.32 Å². The molecule has 1 amide bonds. The van der Waals surface area contributed by atoms with E-state index in [0.29, 0.717) is 17.3 Å². The van der Waals surface area contributed by atoms with E-state index in [4.69, 9.17) is 11.6 Å². The second kappa shape index (κ2) is 7.96. The Bertz CT molecular complexity index is 965. The summed E-state index contributed by atoms with van der Waals surface area (Å²) in [6.45, 7) is 2.30. The Morgan fingerprint density at radius 2 is 2.07 bits per heavy atom. The summed E-state index contributed by atoms with van der Waals surface area (Å²) < 4.78 is 3.02. The van der Waals surface area contributed by atoms with Gasteiger partial charge in [-0.15, -0.1) is 5.10 Å². The zero-order valence-electron chi connectivity index (χ0n) is 14.4. The van der Waals surface area contributed by atoms with Crippen LogP contribution in [0.2, 0.25) is 5.02 Å². The first-order valence-corrected chi connectivity index (χ1v) is 8.40. The summed E-state index contributed by atoms with van der Waals surface area (Å²) in [6.07, 6.45) is 2.78. The molecular formula is C16H16ClN7O3. The van der Waals surface area contributed by atoms with Crippen LogP contribution in [-0.2, 0) is 17.9 Å². The number of benzene rings is 1. The summed E-state index contributed by atoms with van der Waals surface area (Å²) in [7, 11) is 0. The molecule has 0 aliphatic heterocycles. The SMILES string of the molecule is Cc1c([N+](=O)[O-])cnn1CCC(=O)Nc1ncn(Cc2ccc(Cl)cc2)n1. The minimum atomic E-state index is -0.504. The first-order chi connectivity index (χ1) is 12.9. The third-order valence-electron chi connectivity index (χ3n) is 3.87. The van der Waals surface area contributed by atoms with Crippen molar-refractivity contribution in [1.29, 1.82) is 0 Å². The van der Waals surface area contributed by atoms with Crippen LogP contribution >= 0.6 is 11.6 Å². The van der Waals surface area contributed by atoms with E-state index in [1.807, 2.05) is 12.1 Å². The number of carbonyl (C=O) groups is 1. The van der Waals surface area contributed by atoms with Crippen LogP contribution < -0.4 is 5.32 Å². The standard InChI is InChI=1S/C16H16ClN7O3/c1-11-14(24(26)27)8-19-23(11)7-6-15(25)20-16-18-10-22(21-16)9-12-2-4-13(17)5-3-12/h2-5,8,10H,6-7,9H2,1H3,(H,20,21,25). The number of aryl methyl sites for hydroxylation is 1. The van der Waals surface area contributed by atoms with Gasteiger partial charge in [0.15, 0.2) is 0 Å². The molecule has 1 aromatic carbocycles. The topological polar surface area (TPSA) is 121 Å². The van der Waals surface area contributed by atoms with Crippen molar-refractivity contribution >= 4 is 29.1 Å². The minimum absolute atomic E-state index is 0.0713. The van der Waals surface area contributed by atoms with Gasteiger partial charge in [0.1, 0.15) is 18.2 Å². The minimum Gasteiger partial charge on any atom is -0.293 e. The van der Waals surface area contributed by atoms with Crippen LogP contribution in [0.15, 0.2) is 36.8 Å². The average Bonchev–Trinajstić information content (AvgIpc) is 3.21. The average molecular weight is 390 g/mol. The highest BCUT2D eigenvalue weighted by Gasteiger charge is 2.17. The van der Waals surface area contributed by atoms with Gasteiger partial charge in [0.25, 0.3) is 0 Å². The fourth-order valence-corrected chi connectivity index (χ4v) is 2.57. The fraction of sp³-hybridized carbons (Fsp3) is 0.250. The maximum atomic E-state index is 12.1. The van der Waals surface area contributed by atoms with Crippen molar-refractivity contribution in [2.45, 2.75) is 26.4 Å². The highest BCUT2D eigenvalue weighted by Crippen LogP contribution is 2.16. The maximum absolute atomic E-state index is 12.1. The predicted molar refractivity (Wildman–Crippen MR) is 97.4 cm³/mol. The molecule has 0 radical (unpaired) electrons. The zero-order chi connectivity index (χ0) is 19.4. The van der Waals surface area contributed by atoms with Crippen LogP contribution in [-0.4, -0.2) is 35.4 Å². The molecule has 27 heavy (non-hydrogen) atoms. The number of aromatic nitrogens is 5.